The lowest BCUT2D eigenvalue weighted by atomic mass is 10.4. The number of hydrogen-bond acceptors (Lipinski definition) is 4. The van der Waals surface area contributed by atoms with Crippen LogP contribution in [0.2, 0.25) is 0 Å². The van der Waals surface area contributed by atoms with E-state index in [1.807, 2.05) is 0 Å². The van der Waals surface area contributed by atoms with Crippen molar-refractivity contribution in [2.24, 2.45) is 4.99 Å². The van der Waals surface area contributed by atoms with Gasteiger partial charge in [-0.1, -0.05) is 0 Å². The predicted molar refractivity (Wildman–Crippen MR) is 44.1 cm³/mol. The van der Waals surface area contributed by atoms with Gasteiger partial charge in [0.05, 0.1) is 18.3 Å². The van der Waals surface area contributed by atoms with Gasteiger partial charge in [-0.3, -0.25) is 9.98 Å². The van der Waals surface area contributed by atoms with Crippen LogP contribution in [0.5, 0.6) is 0 Å². The number of aromatic nitrogens is 1. The fourth-order valence-corrected chi connectivity index (χ4v) is 1.51. The third kappa shape index (κ3) is 1.40. The van der Waals surface area contributed by atoms with E-state index in [-0.39, 0.29) is 0 Å². The Labute approximate surface area is 68.8 Å². The lowest BCUT2D eigenvalue weighted by molar-refractivity contribution is 0.285. The molecule has 0 bridgehead atoms. The molecule has 1 aromatic rings. The largest absolute Gasteiger partial charge is 0.477 e. The Morgan fingerprint density at radius 2 is 2.55 bits per heavy atom. The van der Waals surface area contributed by atoms with Crippen molar-refractivity contribution in [1.29, 1.82) is 0 Å². The fourth-order valence-electron chi connectivity index (χ4n) is 0.930. The van der Waals surface area contributed by atoms with Crippen molar-refractivity contribution < 1.29 is 4.74 Å². The van der Waals surface area contributed by atoms with Crippen molar-refractivity contribution >= 4 is 17.2 Å². The minimum absolute atomic E-state index is 0.763. The van der Waals surface area contributed by atoms with Crippen molar-refractivity contribution in [3.8, 4) is 0 Å². The van der Waals surface area contributed by atoms with E-state index >= 15 is 0 Å². The Balaban J connectivity index is 2.22. The fraction of sp³-hybridized carbons (Fsp3) is 0.429. The summed E-state index contributed by atoms with van der Waals surface area (Å²) in [6.07, 6.45) is 2.82. The lowest BCUT2D eigenvalue weighted by Gasteiger charge is -2.11. The molecular weight excluding hydrogens is 160 g/mol. The third-order valence-corrected chi connectivity index (χ3v) is 2.20. The first-order valence-electron chi connectivity index (χ1n) is 3.53. The highest BCUT2D eigenvalue weighted by atomic mass is 32.1. The number of ether oxygens (including phenoxy) is 1. The van der Waals surface area contributed by atoms with Crippen molar-refractivity contribution in [3.63, 3.8) is 0 Å². The van der Waals surface area contributed by atoms with Crippen LogP contribution in [0.1, 0.15) is 11.3 Å². The highest BCUT2D eigenvalue weighted by Crippen LogP contribution is 2.11. The molecule has 0 amide bonds. The molecule has 1 aromatic heterocycles. The molecule has 2 heterocycles. The maximum Gasteiger partial charge on any atom is 0.228 e. The quantitative estimate of drug-likeness (QED) is 0.633. The molecule has 2 rings (SSSR count). The zero-order valence-corrected chi connectivity index (χ0v) is 6.80. The van der Waals surface area contributed by atoms with Gasteiger partial charge in [0.15, 0.2) is 0 Å². The SMILES string of the molecule is c1ncc(C2=NCCCO2)s1. The normalized spacial score (nSPS) is 17.3. The first-order valence-corrected chi connectivity index (χ1v) is 4.41. The minimum atomic E-state index is 0.763. The third-order valence-electron chi connectivity index (χ3n) is 1.44. The number of rotatable bonds is 1. The molecule has 0 radical (unpaired) electrons. The molecule has 1 aliphatic heterocycles. The van der Waals surface area contributed by atoms with E-state index in [1.165, 1.54) is 0 Å². The van der Waals surface area contributed by atoms with E-state index in [4.69, 9.17) is 4.74 Å². The Hall–Kier alpha value is -0.900. The average Bonchev–Trinajstić information content (AvgIpc) is 2.58. The van der Waals surface area contributed by atoms with Gasteiger partial charge in [0.2, 0.25) is 5.90 Å². The monoisotopic (exact) mass is 168 g/mol. The van der Waals surface area contributed by atoms with Crippen molar-refractivity contribution in [3.05, 3.63) is 16.6 Å². The van der Waals surface area contributed by atoms with Crippen LogP contribution in [0.15, 0.2) is 16.7 Å². The molecule has 0 atom stereocenters. The molecular formula is C7H8N2OS. The van der Waals surface area contributed by atoms with Crippen molar-refractivity contribution in [2.45, 2.75) is 6.42 Å². The zero-order valence-electron chi connectivity index (χ0n) is 5.99. The van der Waals surface area contributed by atoms with Gasteiger partial charge in [0.1, 0.15) is 4.88 Å². The van der Waals surface area contributed by atoms with Crippen LogP contribution < -0.4 is 0 Å². The summed E-state index contributed by atoms with van der Waals surface area (Å²) in [7, 11) is 0. The summed E-state index contributed by atoms with van der Waals surface area (Å²) in [4.78, 5) is 9.22. The smallest absolute Gasteiger partial charge is 0.228 e. The molecule has 0 N–H and O–H groups in total. The number of aliphatic imine (C=N–C) groups is 1. The second kappa shape index (κ2) is 3.00. The maximum atomic E-state index is 5.34. The summed E-state index contributed by atoms with van der Waals surface area (Å²) in [5.41, 5.74) is 1.79. The van der Waals surface area contributed by atoms with Crippen LogP contribution in [-0.2, 0) is 4.74 Å². The van der Waals surface area contributed by atoms with E-state index in [2.05, 4.69) is 9.98 Å². The van der Waals surface area contributed by atoms with Crippen molar-refractivity contribution in [2.75, 3.05) is 13.2 Å². The molecule has 0 unspecified atom stereocenters. The summed E-state index contributed by atoms with van der Waals surface area (Å²) >= 11 is 1.56. The number of thiazole rings is 1. The molecule has 3 nitrogen and oxygen atoms in total. The summed E-state index contributed by atoms with van der Waals surface area (Å²) in [5, 5.41) is 0. The zero-order chi connectivity index (χ0) is 7.52. The first kappa shape index (κ1) is 6.79. The van der Waals surface area contributed by atoms with Gasteiger partial charge < -0.3 is 4.74 Å². The van der Waals surface area contributed by atoms with E-state index < -0.39 is 0 Å². The molecule has 0 fully saturated rings. The van der Waals surface area contributed by atoms with Gasteiger partial charge in [-0.25, -0.2) is 0 Å². The van der Waals surface area contributed by atoms with E-state index in [1.54, 1.807) is 23.0 Å². The second-order valence-electron chi connectivity index (χ2n) is 2.25. The van der Waals surface area contributed by atoms with Crippen LogP contribution in [-0.4, -0.2) is 24.0 Å². The van der Waals surface area contributed by atoms with Gasteiger partial charge in [-0.2, -0.15) is 0 Å². The van der Waals surface area contributed by atoms with Gasteiger partial charge in [-0.05, 0) is 0 Å². The molecule has 0 spiro atoms. The Morgan fingerprint density at radius 1 is 1.55 bits per heavy atom. The molecule has 0 aliphatic carbocycles. The summed E-state index contributed by atoms with van der Waals surface area (Å²) in [6, 6.07) is 0. The Bertz CT molecular complexity index is 255. The van der Waals surface area contributed by atoms with E-state index in [9.17, 15) is 0 Å². The molecule has 0 aromatic carbocycles. The summed E-state index contributed by atoms with van der Waals surface area (Å²) < 4.78 is 5.34. The minimum Gasteiger partial charge on any atom is -0.477 e. The highest BCUT2D eigenvalue weighted by Gasteiger charge is 2.09. The van der Waals surface area contributed by atoms with Gasteiger partial charge in [0, 0.05) is 13.0 Å². The topological polar surface area (TPSA) is 34.5 Å². The average molecular weight is 168 g/mol. The Morgan fingerprint density at radius 3 is 3.18 bits per heavy atom. The van der Waals surface area contributed by atoms with Crippen LogP contribution >= 0.6 is 11.3 Å². The van der Waals surface area contributed by atoms with Gasteiger partial charge in [0.25, 0.3) is 0 Å². The van der Waals surface area contributed by atoms with Gasteiger partial charge >= 0.3 is 0 Å². The van der Waals surface area contributed by atoms with Crippen LogP contribution in [0.25, 0.3) is 0 Å². The molecule has 1 aliphatic rings. The number of hydrogen-bond donors (Lipinski definition) is 0. The summed E-state index contributed by atoms with van der Waals surface area (Å²) in [6.45, 7) is 1.67. The highest BCUT2D eigenvalue weighted by molar-refractivity contribution is 7.11. The maximum absolute atomic E-state index is 5.34. The molecule has 4 heteroatoms. The molecule has 11 heavy (non-hydrogen) atoms. The molecule has 0 saturated heterocycles. The molecule has 0 saturated carbocycles. The van der Waals surface area contributed by atoms with Crippen LogP contribution in [0.4, 0.5) is 0 Å². The van der Waals surface area contributed by atoms with E-state index in [0.717, 1.165) is 30.3 Å². The van der Waals surface area contributed by atoms with Gasteiger partial charge in [-0.15, -0.1) is 11.3 Å². The number of nitrogens with zero attached hydrogens (tertiary/aromatic N) is 2. The first-order chi connectivity index (χ1) is 5.47. The van der Waals surface area contributed by atoms with Crippen LogP contribution in [0, 0.1) is 0 Å². The van der Waals surface area contributed by atoms with Crippen LogP contribution in [0.3, 0.4) is 0 Å². The predicted octanol–water partition coefficient (Wildman–Crippen LogP) is 1.31. The van der Waals surface area contributed by atoms with E-state index in [0.29, 0.717) is 0 Å². The summed E-state index contributed by atoms with van der Waals surface area (Å²) in [5.74, 6) is 0.763. The van der Waals surface area contributed by atoms with Crippen molar-refractivity contribution in [1.82, 2.24) is 4.98 Å². The standard InChI is InChI=1S/C7H8N2OS/c1-2-9-7(10-3-1)6-4-8-5-11-6/h4-5H,1-3H2. The lowest BCUT2D eigenvalue weighted by Crippen LogP contribution is -2.13. The second-order valence-corrected chi connectivity index (χ2v) is 3.14. The Kier molecular flexibility index (Phi) is 1.85. The molecule has 58 valence electrons.